The predicted molar refractivity (Wildman–Crippen MR) is 79.1 cm³/mol. The highest BCUT2D eigenvalue weighted by molar-refractivity contribution is 5.20. The van der Waals surface area contributed by atoms with Gasteiger partial charge < -0.3 is 5.32 Å². The third kappa shape index (κ3) is 4.93. The van der Waals surface area contributed by atoms with Gasteiger partial charge in [0.1, 0.15) is 11.6 Å². The van der Waals surface area contributed by atoms with Gasteiger partial charge in [0.05, 0.1) is 6.20 Å². The first kappa shape index (κ1) is 15.6. The second kappa shape index (κ2) is 7.31. The van der Waals surface area contributed by atoms with Crippen LogP contribution in [0.4, 0.5) is 8.78 Å². The average molecular weight is 293 g/mol. The molecule has 1 atom stereocenters. The van der Waals surface area contributed by atoms with E-state index in [1.54, 1.807) is 4.68 Å². The first-order valence-corrected chi connectivity index (χ1v) is 7.22. The molecule has 0 saturated heterocycles. The summed E-state index contributed by atoms with van der Waals surface area (Å²) in [5, 5.41) is 7.59. The first-order chi connectivity index (χ1) is 10.1. The predicted octanol–water partition coefficient (Wildman–Crippen LogP) is 2.85. The summed E-state index contributed by atoms with van der Waals surface area (Å²) in [5.41, 5.74) is 1.79. The molecule has 21 heavy (non-hydrogen) atoms. The lowest BCUT2D eigenvalue weighted by Gasteiger charge is -2.18. The van der Waals surface area contributed by atoms with Gasteiger partial charge >= 0.3 is 0 Å². The summed E-state index contributed by atoms with van der Waals surface area (Å²) in [6, 6.07) is 3.83. The Morgan fingerprint density at radius 3 is 2.38 bits per heavy atom. The van der Waals surface area contributed by atoms with Gasteiger partial charge in [0.25, 0.3) is 0 Å². The van der Waals surface area contributed by atoms with E-state index in [1.165, 1.54) is 12.1 Å². The Labute approximate surface area is 124 Å². The molecule has 2 rings (SSSR count). The summed E-state index contributed by atoms with van der Waals surface area (Å²) in [7, 11) is 1.87. The van der Waals surface area contributed by atoms with Gasteiger partial charge in [-0.15, -0.1) is 0 Å². The van der Waals surface area contributed by atoms with Gasteiger partial charge in [-0.3, -0.25) is 4.68 Å². The van der Waals surface area contributed by atoms with Crippen molar-refractivity contribution < 1.29 is 8.78 Å². The smallest absolute Gasteiger partial charge is 0.126 e. The summed E-state index contributed by atoms with van der Waals surface area (Å²) in [4.78, 5) is 0. The molecule has 0 aliphatic rings. The van der Waals surface area contributed by atoms with Gasteiger partial charge in [0.2, 0.25) is 0 Å². The molecule has 114 valence electrons. The average Bonchev–Trinajstić information content (AvgIpc) is 2.80. The Morgan fingerprint density at radius 1 is 1.14 bits per heavy atom. The highest BCUT2D eigenvalue weighted by Gasteiger charge is 2.12. The van der Waals surface area contributed by atoms with E-state index < -0.39 is 11.6 Å². The van der Waals surface area contributed by atoms with Gasteiger partial charge in [-0.25, -0.2) is 8.78 Å². The minimum absolute atomic E-state index is 0.135. The topological polar surface area (TPSA) is 29.9 Å². The molecule has 0 aliphatic heterocycles. The Kier molecular flexibility index (Phi) is 5.44. The van der Waals surface area contributed by atoms with E-state index in [2.05, 4.69) is 17.3 Å². The van der Waals surface area contributed by atoms with Crippen LogP contribution in [0, 0.1) is 11.6 Å². The fourth-order valence-corrected chi connectivity index (χ4v) is 2.44. The van der Waals surface area contributed by atoms with Crippen LogP contribution in [0.1, 0.15) is 24.5 Å². The first-order valence-electron chi connectivity index (χ1n) is 7.22. The largest absolute Gasteiger partial charge is 0.313 e. The van der Waals surface area contributed by atoms with E-state index in [0.29, 0.717) is 12.0 Å². The molecular weight excluding hydrogens is 272 g/mol. The van der Waals surface area contributed by atoms with Crippen molar-refractivity contribution >= 4 is 0 Å². The maximum absolute atomic E-state index is 13.3. The molecule has 5 heteroatoms. The molecule has 0 bridgehead atoms. The maximum atomic E-state index is 13.3. The van der Waals surface area contributed by atoms with Crippen LogP contribution < -0.4 is 5.32 Å². The summed E-state index contributed by atoms with van der Waals surface area (Å²) in [6.07, 6.45) is 6.18. The summed E-state index contributed by atoms with van der Waals surface area (Å²) < 4.78 is 28.3. The second-order valence-corrected chi connectivity index (χ2v) is 5.36. The summed E-state index contributed by atoms with van der Waals surface area (Å²) in [6.45, 7) is 2.97. The lowest BCUT2D eigenvalue weighted by Crippen LogP contribution is -2.33. The fraction of sp³-hybridized carbons (Fsp3) is 0.438. The number of benzene rings is 1. The van der Waals surface area contributed by atoms with E-state index in [-0.39, 0.29) is 6.04 Å². The van der Waals surface area contributed by atoms with Crippen molar-refractivity contribution in [3.63, 3.8) is 0 Å². The van der Waals surface area contributed by atoms with Crippen LogP contribution >= 0.6 is 0 Å². The molecule has 0 spiro atoms. The van der Waals surface area contributed by atoms with E-state index in [1.807, 2.05) is 19.4 Å². The number of rotatable bonds is 7. The van der Waals surface area contributed by atoms with Gasteiger partial charge in [-0.05, 0) is 49.1 Å². The highest BCUT2D eigenvalue weighted by atomic mass is 19.1. The second-order valence-electron chi connectivity index (χ2n) is 5.36. The summed E-state index contributed by atoms with van der Waals surface area (Å²) in [5.74, 6) is -1.05. The number of halogens is 2. The van der Waals surface area contributed by atoms with Crippen molar-refractivity contribution in [2.75, 3.05) is 6.54 Å². The Balaban J connectivity index is 2.07. The molecule has 1 aromatic carbocycles. The molecule has 1 unspecified atom stereocenters. The number of hydrogen-bond donors (Lipinski definition) is 1. The third-order valence-electron chi connectivity index (χ3n) is 3.33. The number of nitrogens with one attached hydrogen (secondary N) is 1. The van der Waals surface area contributed by atoms with Crippen LogP contribution in [0.25, 0.3) is 0 Å². The summed E-state index contributed by atoms with van der Waals surface area (Å²) >= 11 is 0. The molecule has 1 heterocycles. The number of aryl methyl sites for hydroxylation is 1. The van der Waals surface area contributed by atoms with Crippen LogP contribution in [0.3, 0.4) is 0 Å². The van der Waals surface area contributed by atoms with Crippen molar-refractivity contribution in [1.82, 2.24) is 15.1 Å². The lowest BCUT2D eigenvalue weighted by molar-refractivity contribution is 0.500. The molecule has 0 saturated carbocycles. The molecule has 3 nitrogen and oxygen atoms in total. The molecular formula is C16H21F2N3. The van der Waals surface area contributed by atoms with Crippen LogP contribution in [-0.2, 0) is 19.9 Å². The van der Waals surface area contributed by atoms with E-state index in [4.69, 9.17) is 0 Å². The number of aromatic nitrogens is 2. The quantitative estimate of drug-likeness (QED) is 0.850. The maximum Gasteiger partial charge on any atom is 0.126 e. The van der Waals surface area contributed by atoms with Crippen LogP contribution in [0.15, 0.2) is 30.6 Å². The van der Waals surface area contributed by atoms with Crippen molar-refractivity contribution in [1.29, 1.82) is 0 Å². The lowest BCUT2D eigenvalue weighted by atomic mass is 10.00. The Hall–Kier alpha value is -1.75. The van der Waals surface area contributed by atoms with Gasteiger partial charge in [-0.1, -0.05) is 6.92 Å². The van der Waals surface area contributed by atoms with E-state index in [9.17, 15) is 8.78 Å². The minimum Gasteiger partial charge on any atom is -0.313 e. The molecule has 0 radical (unpaired) electrons. The van der Waals surface area contributed by atoms with Gasteiger partial charge in [-0.2, -0.15) is 5.10 Å². The van der Waals surface area contributed by atoms with E-state index >= 15 is 0 Å². The zero-order valence-corrected chi connectivity index (χ0v) is 12.4. The van der Waals surface area contributed by atoms with E-state index in [0.717, 1.165) is 31.0 Å². The Bertz CT molecular complexity index is 560. The highest BCUT2D eigenvalue weighted by Crippen LogP contribution is 2.12. The third-order valence-corrected chi connectivity index (χ3v) is 3.33. The van der Waals surface area contributed by atoms with Crippen LogP contribution in [0.2, 0.25) is 0 Å². The van der Waals surface area contributed by atoms with Crippen LogP contribution in [-0.4, -0.2) is 22.4 Å². The van der Waals surface area contributed by atoms with Gasteiger partial charge in [0, 0.05) is 25.4 Å². The Morgan fingerprint density at radius 2 is 1.81 bits per heavy atom. The monoisotopic (exact) mass is 293 g/mol. The fourth-order valence-electron chi connectivity index (χ4n) is 2.44. The van der Waals surface area contributed by atoms with Crippen molar-refractivity contribution in [2.45, 2.75) is 32.2 Å². The molecule has 1 aromatic heterocycles. The molecule has 0 amide bonds. The van der Waals surface area contributed by atoms with Crippen LogP contribution in [0.5, 0.6) is 0 Å². The molecule has 1 N–H and O–H groups in total. The van der Waals surface area contributed by atoms with Gasteiger partial charge in [0.15, 0.2) is 0 Å². The standard InChI is InChI=1S/C16H21F2N3/c1-3-4-19-16(8-13-10-20-21(2)11-13)7-12-5-14(17)9-15(18)6-12/h5-6,9-11,16,19H,3-4,7-8H2,1-2H3. The zero-order valence-electron chi connectivity index (χ0n) is 12.4. The molecule has 0 fully saturated rings. The SMILES string of the molecule is CCCNC(Cc1cc(F)cc(F)c1)Cc1cnn(C)c1. The van der Waals surface area contributed by atoms with Crippen molar-refractivity contribution in [3.8, 4) is 0 Å². The van der Waals surface area contributed by atoms with Crippen molar-refractivity contribution in [3.05, 3.63) is 53.4 Å². The molecule has 0 aliphatic carbocycles. The number of hydrogen-bond acceptors (Lipinski definition) is 2. The zero-order chi connectivity index (χ0) is 15.2. The molecule has 2 aromatic rings. The minimum atomic E-state index is -0.527. The normalized spacial score (nSPS) is 12.6. The van der Waals surface area contributed by atoms with Crippen molar-refractivity contribution in [2.24, 2.45) is 7.05 Å². The number of nitrogens with zero attached hydrogens (tertiary/aromatic N) is 2.